The predicted molar refractivity (Wildman–Crippen MR) is 49.3 cm³/mol. The SMILES string of the molecule is CC(C)C[N-]C(=O)OCC(C)C.[Rb+]. The molecule has 0 N–H and O–H groups in total. The van der Waals surface area contributed by atoms with E-state index in [1.807, 2.05) is 27.7 Å². The third-order valence-electron chi connectivity index (χ3n) is 1.13. The molecule has 0 unspecified atom stereocenters. The maximum atomic E-state index is 10.9. The first-order valence-electron chi connectivity index (χ1n) is 4.36. The van der Waals surface area contributed by atoms with E-state index in [-0.39, 0.29) is 58.2 Å². The van der Waals surface area contributed by atoms with Gasteiger partial charge in [-0.3, -0.25) is 4.79 Å². The van der Waals surface area contributed by atoms with Crippen molar-refractivity contribution in [3.63, 3.8) is 0 Å². The van der Waals surface area contributed by atoms with Gasteiger partial charge >= 0.3 is 58.2 Å². The molecule has 0 bridgehead atoms. The molecule has 0 saturated heterocycles. The van der Waals surface area contributed by atoms with Crippen molar-refractivity contribution in [1.82, 2.24) is 0 Å². The van der Waals surface area contributed by atoms with Crippen molar-refractivity contribution >= 4 is 6.09 Å². The summed E-state index contributed by atoms with van der Waals surface area (Å²) in [6, 6.07) is 0. The Balaban J connectivity index is 0. The molecule has 0 spiro atoms. The van der Waals surface area contributed by atoms with Gasteiger partial charge in [0.15, 0.2) is 0 Å². The van der Waals surface area contributed by atoms with Crippen molar-refractivity contribution in [2.24, 2.45) is 11.8 Å². The summed E-state index contributed by atoms with van der Waals surface area (Å²) in [6.07, 6.45) is -0.433. The molecule has 0 fully saturated rings. The summed E-state index contributed by atoms with van der Waals surface area (Å²) in [7, 11) is 0. The van der Waals surface area contributed by atoms with Crippen LogP contribution in [0.15, 0.2) is 0 Å². The van der Waals surface area contributed by atoms with Gasteiger partial charge in [0, 0.05) is 0 Å². The van der Waals surface area contributed by atoms with Crippen molar-refractivity contribution < 1.29 is 67.7 Å². The fourth-order valence-corrected chi connectivity index (χ4v) is 0.541. The first-order valence-corrected chi connectivity index (χ1v) is 4.36. The molecule has 0 aromatic rings. The molecule has 0 saturated carbocycles. The molecule has 0 aromatic heterocycles. The van der Waals surface area contributed by atoms with Crippen molar-refractivity contribution in [2.75, 3.05) is 13.2 Å². The Morgan fingerprint density at radius 2 is 1.77 bits per heavy atom. The van der Waals surface area contributed by atoms with Crippen LogP contribution in [0.25, 0.3) is 5.32 Å². The third kappa shape index (κ3) is 13.1. The molecule has 0 radical (unpaired) electrons. The summed E-state index contributed by atoms with van der Waals surface area (Å²) < 4.78 is 4.85. The van der Waals surface area contributed by atoms with E-state index < -0.39 is 6.09 Å². The molecule has 0 aliphatic heterocycles. The number of ether oxygens (including phenoxy) is 1. The number of hydrogen-bond acceptors (Lipinski definition) is 2. The molecule has 3 nitrogen and oxygen atoms in total. The topological polar surface area (TPSA) is 40.4 Å². The zero-order valence-corrected chi connectivity index (χ0v) is 14.2. The van der Waals surface area contributed by atoms with Gasteiger partial charge in [-0.15, -0.1) is 6.54 Å². The minimum Gasteiger partial charge on any atom is -0.617 e. The monoisotopic (exact) mass is 257 g/mol. The molecule has 0 atom stereocenters. The fourth-order valence-electron chi connectivity index (χ4n) is 0.541. The van der Waals surface area contributed by atoms with E-state index in [4.69, 9.17) is 4.74 Å². The van der Waals surface area contributed by atoms with Crippen LogP contribution < -0.4 is 58.2 Å². The van der Waals surface area contributed by atoms with E-state index in [0.29, 0.717) is 25.0 Å². The van der Waals surface area contributed by atoms with Gasteiger partial charge in [0.2, 0.25) is 6.09 Å². The van der Waals surface area contributed by atoms with Gasteiger partial charge in [-0.2, -0.15) is 0 Å². The second-order valence-electron chi connectivity index (χ2n) is 3.71. The Bertz CT molecular complexity index is 124. The molecular weight excluding hydrogens is 240 g/mol. The maximum absolute atomic E-state index is 10.9. The summed E-state index contributed by atoms with van der Waals surface area (Å²) in [5.41, 5.74) is 0. The van der Waals surface area contributed by atoms with Crippen molar-refractivity contribution in [3.05, 3.63) is 5.32 Å². The van der Waals surface area contributed by atoms with Crippen molar-refractivity contribution in [1.29, 1.82) is 0 Å². The Morgan fingerprint density at radius 3 is 2.15 bits per heavy atom. The van der Waals surface area contributed by atoms with E-state index in [1.54, 1.807) is 0 Å². The summed E-state index contributed by atoms with van der Waals surface area (Å²) in [6.45, 7) is 9.03. The normalized spacial score (nSPS) is 9.69. The van der Waals surface area contributed by atoms with Crippen LogP contribution in [0.4, 0.5) is 4.79 Å². The first kappa shape index (κ1) is 16.5. The van der Waals surface area contributed by atoms with Gasteiger partial charge in [0.1, 0.15) is 0 Å². The smallest absolute Gasteiger partial charge is 0.617 e. The number of rotatable bonds is 4. The Hall–Kier alpha value is 1.08. The number of carbonyl (C=O) groups is 1. The average molecular weight is 258 g/mol. The summed E-state index contributed by atoms with van der Waals surface area (Å²) in [5.74, 6) is 0.791. The van der Waals surface area contributed by atoms with Gasteiger partial charge in [-0.1, -0.05) is 33.6 Å². The Morgan fingerprint density at radius 1 is 1.23 bits per heavy atom. The van der Waals surface area contributed by atoms with E-state index >= 15 is 0 Å². The van der Waals surface area contributed by atoms with Gasteiger partial charge in [0.25, 0.3) is 0 Å². The molecular formula is C9H18NO2Rb. The number of nitrogens with zero attached hydrogens (tertiary/aromatic N) is 1. The van der Waals surface area contributed by atoms with Crippen molar-refractivity contribution in [3.8, 4) is 0 Å². The summed E-state index contributed by atoms with van der Waals surface area (Å²) in [4.78, 5) is 10.9. The van der Waals surface area contributed by atoms with Crippen LogP contribution in [-0.4, -0.2) is 19.2 Å². The second-order valence-corrected chi connectivity index (χ2v) is 3.71. The standard InChI is InChI=1S/C9H19NO2.Rb/c1-7(2)5-10-9(11)12-6-8(3)4;/h7-8H,5-6H2,1-4H3,(H,10,11);/q;+1/p-1. The van der Waals surface area contributed by atoms with Crippen LogP contribution in [0.2, 0.25) is 0 Å². The van der Waals surface area contributed by atoms with Crippen molar-refractivity contribution in [2.45, 2.75) is 27.7 Å². The molecule has 0 heterocycles. The Kier molecular flexibility index (Phi) is 12.2. The van der Waals surface area contributed by atoms with Gasteiger partial charge < -0.3 is 10.1 Å². The molecule has 0 aliphatic rings. The van der Waals surface area contributed by atoms with Gasteiger partial charge in [-0.25, -0.2) is 0 Å². The van der Waals surface area contributed by atoms with Crippen LogP contribution >= 0.6 is 0 Å². The quantitative estimate of drug-likeness (QED) is 0.701. The zero-order chi connectivity index (χ0) is 9.56. The summed E-state index contributed by atoms with van der Waals surface area (Å²) in [5, 5.41) is 3.73. The molecule has 0 aromatic carbocycles. The van der Waals surface area contributed by atoms with E-state index in [1.165, 1.54) is 0 Å². The summed E-state index contributed by atoms with van der Waals surface area (Å²) >= 11 is 0. The van der Waals surface area contributed by atoms with Gasteiger partial charge in [-0.05, 0) is 5.92 Å². The Labute approximate surface area is 130 Å². The van der Waals surface area contributed by atoms with E-state index in [0.717, 1.165) is 0 Å². The second kappa shape index (κ2) is 9.62. The number of hydrogen-bond donors (Lipinski definition) is 0. The van der Waals surface area contributed by atoms with Gasteiger partial charge in [0.05, 0.1) is 6.61 Å². The molecule has 72 valence electrons. The molecule has 1 amide bonds. The molecule has 13 heavy (non-hydrogen) atoms. The molecule has 0 rings (SSSR count). The van der Waals surface area contributed by atoms with Crippen LogP contribution in [0.3, 0.4) is 0 Å². The fraction of sp³-hybridized carbons (Fsp3) is 0.889. The predicted octanol–water partition coefficient (Wildman–Crippen LogP) is -0.187. The van der Waals surface area contributed by atoms with Crippen LogP contribution in [-0.2, 0) is 4.74 Å². The first-order chi connectivity index (χ1) is 5.52. The van der Waals surface area contributed by atoms with E-state index in [2.05, 4.69) is 5.32 Å². The minimum atomic E-state index is -0.433. The number of amides is 1. The third-order valence-corrected chi connectivity index (χ3v) is 1.13. The minimum absolute atomic E-state index is 0. The van der Waals surface area contributed by atoms with Crippen LogP contribution in [0, 0.1) is 11.8 Å². The van der Waals surface area contributed by atoms with Crippen LogP contribution in [0.5, 0.6) is 0 Å². The van der Waals surface area contributed by atoms with E-state index in [9.17, 15) is 4.79 Å². The largest absolute Gasteiger partial charge is 1.00 e. The molecule has 4 heteroatoms. The maximum Gasteiger partial charge on any atom is 1.00 e. The average Bonchev–Trinajstić information content (AvgIpc) is 1.96. The molecule has 0 aliphatic carbocycles. The zero-order valence-electron chi connectivity index (χ0n) is 9.33. The number of carbonyl (C=O) groups excluding carboxylic acids is 1. The van der Waals surface area contributed by atoms with Crippen LogP contribution in [0.1, 0.15) is 27.7 Å².